The zero-order valence-corrected chi connectivity index (χ0v) is 8.49. The largest absolute Gasteiger partial charge is 0.294 e. The van der Waals surface area contributed by atoms with Gasteiger partial charge in [0.2, 0.25) is 0 Å². The van der Waals surface area contributed by atoms with Gasteiger partial charge in [-0.1, -0.05) is 6.07 Å². The van der Waals surface area contributed by atoms with Gasteiger partial charge in [0.15, 0.2) is 5.78 Å². The first-order chi connectivity index (χ1) is 6.31. The Morgan fingerprint density at radius 1 is 1.31 bits per heavy atom. The summed E-state index contributed by atoms with van der Waals surface area (Å²) in [7, 11) is 0. The summed E-state index contributed by atoms with van der Waals surface area (Å²) in [6.45, 7) is 0. The maximum atomic E-state index is 11.5. The van der Waals surface area contributed by atoms with Crippen molar-refractivity contribution in [3.63, 3.8) is 0 Å². The molecule has 0 saturated heterocycles. The van der Waals surface area contributed by atoms with Gasteiger partial charge in [-0.2, -0.15) is 0 Å². The lowest BCUT2D eigenvalue weighted by molar-refractivity contribution is 0.0972. The summed E-state index contributed by atoms with van der Waals surface area (Å²) >= 11 is 1.73. The number of ketones is 1. The van der Waals surface area contributed by atoms with E-state index in [1.807, 2.05) is 12.1 Å². The number of carbonyl (C=O) groups is 1. The maximum Gasteiger partial charge on any atom is 0.163 e. The Labute approximate surface area is 82.5 Å². The van der Waals surface area contributed by atoms with E-state index in [4.69, 9.17) is 0 Å². The average molecular weight is 192 g/mol. The van der Waals surface area contributed by atoms with Crippen LogP contribution < -0.4 is 0 Å². The molecule has 0 aromatic heterocycles. The van der Waals surface area contributed by atoms with Crippen molar-refractivity contribution in [3.8, 4) is 0 Å². The number of benzene rings is 1. The van der Waals surface area contributed by atoms with E-state index in [0.717, 1.165) is 24.8 Å². The molecule has 0 heterocycles. The van der Waals surface area contributed by atoms with Crippen LogP contribution in [0.25, 0.3) is 0 Å². The van der Waals surface area contributed by atoms with Crippen molar-refractivity contribution in [2.45, 2.75) is 24.2 Å². The molecule has 0 spiro atoms. The van der Waals surface area contributed by atoms with Gasteiger partial charge in [-0.05, 0) is 36.8 Å². The fraction of sp³-hybridized carbons (Fsp3) is 0.364. The van der Waals surface area contributed by atoms with E-state index >= 15 is 0 Å². The van der Waals surface area contributed by atoms with Gasteiger partial charge in [0, 0.05) is 16.9 Å². The quantitative estimate of drug-likeness (QED) is 0.636. The fourth-order valence-corrected chi connectivity index (χ4v) is 2.21. The zero-order chi connectivity index (χ0) is 9.26. The Hall–Kier alpha value is -0.760. The van der Waals surface area contributed by atoms with Crippen LogP contribution in [0.2, 0.25) is 0 Å². The average Bonchev–Trinajstić information content (AvgIpc) is 2.18. The summed E-state index contributed by atoms with van der Waals surface area (Å²) in [4.78, 5) is 12.7. The van der Waals surface area contributed by atoms with Crippen molar-refractivity contribution in [3.05, 3.63) is 29.3 Å². The van der Waals surface area contributed by atoms with E-state index in [1.165, 1.54) is 10.5 Å². The minimum atomic E-state index is 0.314. The van der Waals surface area contributed by atoms with Crippen LogP contribution in [0, 0.1) is 0 Å². The van der Waals surface area contributed by atoms with Gasteiger partial charge >= 0.3 is 0 Å². The molecular weight excluding hydrogens is 180 g/mol. The molecule has 1 nitrogen and oxygen atoms in total. The third-order valence-electron chi connectivity index (χ3n) is 2.46. The number of hydrogen-bond acceptors (Lipinski definition) is 2. The molecule has 68 valence electrons. The molecule has 0 fully saturated rings. The van der Waals surface area contributed by atoms with E-state index in [2.05, 4.69) is 12.3 Å². The van der Waals surface area contributed by atoms with Crippen molar-refractivity contribution in [2.75, 3.05) is 6.26 Å². The van der Waals surface area contributed by atoms with Gasteiger partial charge in [-0.3, -0.25) is 4.79 Å². The minimum absolute atomic E-state index is 0.314. The van der Waals surface area contributed by atoms with Crippen LogP contribution in [-0.2, 0) is 6.42 Å². The first kappa shape index (κ1) is 8.82. The van der Waals surface area contributed by atoms with Crippen LogP contribution in [0.1, 0.15) is 28.8 Å². The van der Waals surface area contributed by atoms with E-state index in [0.29, 0.717) is 5.78 Å². The Bertz CT molecular complexity index is 344. The fourth-order valence-electron chi connectivity index (χ4n) is 1.75. The standard InChI is InChI=1S/C11H12OS/c1-13-9-5-6-10-8(7-9)3-2-4-11(10)12/h5-7H,2-4H2,1H3. The summed E-state index contributed by atoms with van der Waals surface area (Å²) in [6, 6.07) is 6.16. The Balaban J connectivity index is 2.45. The van der Waals surface area contributed by atoms with Crippen molar-refractivity contribution in [2.24, 2.45) is 0 Å². The molecule has 0 amide bonds. The molecule has 0 N–H and O–H groups in total. The van der Waals surface area contributed by atoms with Crippen molar-refractivity contribution in [1.29, 1.82) is 0 Å². The van der Waals surface area contributed by atoms with Crippen molar-refractivity contribution >= 4 is 17.5 Å². The van der Waals surface area contributed by atoms with Gasteiger partial charge in [0.1, 0.15) is 0 Å². The zero-order valence-electron chi connectivity index (χ0n) is 7.67. The van der Waals surface area contributed by atoms with Crippen molar-refractivity contribution < 1.29 is 4.79 Å². The Kier molecular flexibility index (Phi) is 2.40. The van der Waals surface area contributed by atoms with Gasteiger partial charge in [-0.15, -0.1) is 11.8 Å². The van der Waals surface area contributed by atoms with Gasteiger partial charge in [-0.25, -0.2) is 0 Å². The molecule has 1 aromatic rings. The van der Waals surface area contributed by atoms with E-state index in [9.17, 15) is 4.79 Å². The normalized spacial score (nSPS) is 15.6. The molecule has 1 aliphatic rings. The molecule has 0 saturated carbocycles. The lowest BCUT2D eigenvalue weighted by atomic mass is 9.91. The molecule has 0 atom stereocenters. The maximum absolute atomic E-state index is 11.5. The summed E-state index contributed by atoms with van der Waals surface area (Å²) in [5.74, 6) is 0.314. The lowest BCUT2D eigenvalue weighted by Gasteiger charge is -2.14. The van der Waals surface area contributed by atoms with E-state index in [1.54, 1.807) is 11.8 Å². The monoisotopic (exact) mass is 192 g/mol. The number of carbonyl (C=O) groups excluding carboxylic acids is 1. The van der Waals surface area contributed by atoms with Crippen LogP contribution in [0.3, 0.4) is 0 Å². The number of aryl methyl sites for hydroxylation is 1. The number of rotatable bonds is 1. The van der Waals surface area contributed by atoms with Crippen LogP contribution in [0.4, 0.5) is 0 Å². The predicted molar refractivity (Wildman–Crippen MR) is 55.5 cm³/mol. The second kappa shape index (κ2) is 3.54. The molecule has 0 unspecified atom stereocenters. The first-order valence-corrected chi connectivity index (χ1v) is 5.74. The van der Waals surface area contributed by atoms with Crippen molar-refractivity contribution in [1.82, 2.24) is 0 Å². The summed E-state index contributed by atoms with van der Waals surface area (Å²) in [5, 5.41) is 0. The number of fused-ring (bicyclic) bond motifs is 1. The molecule has 2 heteroatoms. The van der Waals surface area contributed by atoms with E-state index in [-0.39, 0.29) is 0 Å². The second-order valence-corrected chi connectivity index (χ2v) is 4.18. The number of Topliss-reactive ketones (excluding diaryl/α,β-unsaturated/α-hetero) is 1. The lowest BCUT2D eigenvalue weighted by Crippen LogP contribution is -2.10. The van der Waals surface area contributed by atoms with Crippen LogP contribution in [-0.4, -0.2) is 12.0 Å². The van der Waals surface area contributed by atoms with Crippen LogP contribution in [0.5, 0.6) is 0 Å². The highest BCUT2D eigenvalue weighted by atomic mass is 32.2. The molecule has 0 aliphatic heterocycles. The van der Waals surface area contributed by atoms with Crippen LogP contribution >= 0.6 is 11.8 Å². The number of hydrogen-bond donors (Lipinski definition) is 0. The third-order valence-corrected chi connectivity index (χ3v) is 3.19. The molecule has 1 aliphatic carbocycles. The number of thioether (sulfide) groups is 1. The second-order valence-electron chi connectivity index (χ2n) is 3.30. The Morgan fingerprint density at radius 2 is 2.15 bits per heavy atom. The van der Waals surface area contributed by atoms with E-state index < -0.39 is 0 Å². The minimum Gasteiger partial charge on any atom is -0.294 e. The molecule has 0 radical (unpaired) electrons. The molecule has 1 aromatic carbocycles. The molecular formula is C11H12OS. The molecule has 13 heavy (non-hydrogen) atoms. The summed E-state index contributed by atoms with van der Waals surface area (Å²) in [6.07, 6.45) is 4.87. The van der Waals surface area contributed by atoms with Gasteiger partial charge < -0.3 is 0 Å². The summed E-state index contributed by atoms with van der Waals surface area (Å²) < 4.78 is 0. The van der Waals surface area contributed by atoms with Gasteiger partial charge in [0.25, 0.3) is 0 Å². The van der Waals surface area contributed by atoms with Crippen LogP contribution in [0.15, 0.2) is 23.1 Å². The highest BCUT2D eigenvalue weighted by Crippen LogP contribution is 2.25. The predicted octanol–water partition coefficient (Wildman–Crippen LogP) is 2.93. The third kappa shape index (κ3) is 1.63. The molecule has 0 bridgehead atoms. The Morgan fingerprint density at radius 3 is 2.92 bits per heavy atom. The highest BCUT2D eigenvalue weighted by molar-refractivity contribution is 7.98. The SMILES string of the molecule is CSc1ccc2c(c1)CCCC2=O. The topological polar surface area (TPSA) is 17.1 Å². The highest BCUT2D eigenvalue weighted by Gasteiger charge is 2.16. The first-order valence-electron chi connectivity index (χ1n) is 4.51. The van der Waals surface area contributed by atoms with Gasteiger partial charge in [0.05, 0.1) is 0 Å². The summed E-state index contributed by atoms with van der Waals surface area (Å²) in [5.41, 5.74) is 2.19. The molecule has 2 rings (SSSR count). The smallest absolute Gasteiger partial charge is 0.163 e.